The van der Waals surface area contributed by atoms with E-state index >= 15 is 0 Å². The first-order chi connectivity index (χ1) is 12.8. The second-order valence-electron chi connectivity index (χ2n) is 7.26. The predicted octanol–water partition coefficient (Wildman–Crippen LogP) is 0.424. The van der Waals surface area contributed by atoms with Crippen LogP contribution in [0.15, 0.2) is 21.2 Å². The zero-order valence-electron chi connectivity index (χ0n) is 16.1. The van der Waals surface area contributed by atoms with Crippen molar-refractivity contribution in [2.45, 2.75) is 45.8 Å². The van der Waals surface area contributed by atoms with Crippen molar-refractivity contribution in [2.75, 3.05) is 18.0 Å². The molecule has 1 aliphatic rings. The van der Waals surface area contributed by atoms with Crippen LogP contribution in [-0.2, 0) is 20.1 Å². The summed E-state index contributed by atoms with van der Waals surface area (Å²) in [7, 11) is 1.46. The molecular formula is C19H26N6O2. The standard InChI is InChI=1S/C19H26N6O2/c1-5-9-25-16-15(17(26)22(4)19(25)27)24(11-8-13(2)3)18(21-16)23-10-6-7-14(20)12-23/h1,8,14H,6-7,9-12,20H2,2-4H3. The highest BCUT2D eigenvalue weighted by molar-refractivity contribution is 5.75. The molecule has 1 unspecified atom stereocenters. The van der Waals surface area contributed by atoms with Crippen LogP contribution in [0.3, 0.4) is 0 Å². The fourth-order valence-electron chi connectivity index (χ4n) is 3.46. The van der Waals surface area contributed by atoms with Crippen molar-refractivity contribution in [3.8, 4) is 12.3 Å². The fraction of sp³-hybridized carbons (Fsp3) is 0.526. The number of fused-ring (bicyclic) bond motifs is 1. The van der Waals surface area contributed by atoms with Gasteiger partial charge in [0.05, 0.1) is 6.54 Å². The van der Waals surface area contributed by atoms with Gasteiger partial charge < -0.3 is 15.2 Å². The average molecular weight is 370 g/mol. The van der Waals surface area contributed by atoms with Gasteiger partial charge in [-0.3, -0.25) is 13.9 Å². The maximum Gasteiger partial charge on any atom is 0.333 e. The molecule has 1 saturated heterocycles. The molecule has 0 amide bonds. The van der Waals surface area contributed by atoms with Crippen LogP contribution in [0.2, 0.25) is 0 Å². The topological polar surface area (TPSA) is 91.1 Å². The van der Waals surface area contributed by atoms with Crippen LogP contribution in [0.1, 0.15) is 26.7 Å². The van der Waals surface area contributed by atoms with Crippen LogP contribution in [0, 0.1) is 12.3 Å². The molecule has 0 radical (unpaired) electrons. The summed E-state index contributed by atoms with van der Waals surface area (Å²) in [6.45, 7) is 6.03. The van der Waals surface area contributed by atoms with E-state index in [1.165, 1.54) is 11.6 Å². The highest BCUT2D eigenvalue weighted by Gasteiger charge is 2.25. The van der Waals surface area contributed by atoms with E-state index in [1.807, 2.05) is 24.5 Å². The number of nitrogens with two attached hydrogens (primary N) is 1. The van der Waals surface area contributed by atoms with Gasteiger partial charge in [0, 0.05) is 32.7 Å². The fourth-order valence-corrected chi connectivity index (χ4v) is 3.46. The lowest BCUT2D eigenvalue weighted by atomic mass is 10.1. The number of aromatic nitrogens is 4. The average Bonchev–Trinajstić information content (AvgIpc) is 3.01. The van der Waals surface area contributed by atoms with Crippen LogP contribution in [0.25, 0.3) is 11.2 Å². The Kier molecular flexibility index (Phi) is 5.24. The SMILES string of the molecule is C#CCn1c(=O)n(C)c(=O)c2c1nc(N1CCCC(N)C1)n2CC=C(C)C. The summed E-state index contributed by atoms with van der Waals surface area (Å²) in [6.07, 6.45) is 9.40. The van der Waals surface area contributed by atoms with Gasteiger partial charge in [-0.15, -0.1) is 6.42 Å². The normalized spacial score (nSPS) is 17.1. The second kappa shape index (κ2) is 7.45. The van der Waals surface area contributed by atoms with Gasteiger partial charge in [-0.2, -0.15) is 4.98 Å². The molecule has 1 aliphatic heterocycles. The number of piperidine rings is 1. The second-order valence-corrected chi connectivity index (χ2v) is 7.26. The Hall–Kier alpha value is -2.79. The molecule has 8 nitrogen and oxygen atoms in total. The molecule has 1 atom stereocenters. The Morgan fingerprint density at radius 2 is 2.11 bits per heavy atom. The molecule has 0 aromatic carbocycles. The minimum atomic E-state index is -0.459. The zero-order valence-corrected chi connectivity index (χ0v) is 16.1. The van der Waals surface area contributed by atoms with Gasteiger partial charge in [-0.1, -0.05) is 17.6 Å². The molecule has 1 fully saturated rings. The molecule has 2 N–H and O–H groups in total. The summed E-state index contributed by atoms with van der Waals surface area (Å²) in [5, 5.41) is 0. The lowest BCUT2D eigenvalue weighted by molar-refractivity contribution is 0.495. The third-order valence-corrected chi connectivity index (χ3v) is 4.88. The van der Waals surface area contributed by atoms with E-state index in [4.69, 9.17) is 12.2 Å². The highest BCUT2D eigenvalue weighted by atomic mass is 16.2. The van der Waals surface area contributed by atoms with E-state index in [-0.39, 0.29) is 18.1 Å². The quantitative estimate of drug-likeness (QED) is 0.622. The van der Waals surface area contributed by atoms with Crippen molar-refractivity contribution < 1.29 is 0 Å². The van der Waals surface area contributed by atoms with Crippen LogP contribution >= 0.6 is 0 Å². The number of allylic oxidation sites excluding steroid dienone is 2. The summed E-state index contributed by atoms with van der Waals surface area (Å²) in [5.74, 6) is 3.14. The number of anilines is 1. The summed E-state index contributed by atoms with van der Waals surface area (Å²) in [5.41, 5.74) is 7.17. The minimum Gasteiger partial charge on any atom is -0.341 e. The number of imidazole rings is 1. The monoisotopic (exact) mass is 370 g/mol. The Labute approximate surface area is 157 Å². The van der Waals surface area contributed by atoms with E-state index in [9.17, 15) is 9.59 Å². The molecule has 0 aliphatic carbocycles. The molecule has 3 heterocycles. The number of hydrogen-bond acceptors (Lipinski definition) is 5. The predicted molar refractivity (Wildman–Crippen MR) is 107 cm³/mol. The molecular weight excluding hydrogens is 344 g/mol. The van der Waals surface area contributed by atoms with Crippen molar-refractivity contribution >= 4 is 17.1 Å². The molecule has 27 heavy (non-hydrogen) atoms. The Morgan fingerprint density at radius 3 is 2.74 bits per heavy atom. The first kappa shape index (κ1) is 19.0. The first-order valence-electron chi connectivity index (χ1n) is 9.12. The van der Waals surface area contributed by atoms with E-state index in [0.29, 0.717) is 30.2 Å². The highest BCUT2D eigenvalue weighted by Crippen LogP contribution is 2.23. The summed E-state index contributed by atoms with van der Waals surface area (Å²) < 4.78 is 4.34. The van der Waals surface area contributed by atoms with Crippen molar-refractivity contribution in [1.82, 2.24) is 18.7 Å². The van der Waals surface area contributed by atoms with Gasteiger partial charge in [0.25, 0.3) is 5.56 Å². The van der Waals surface area contributed by atoms with Crippen LogP contribution < -0.4 is 21.9 Å². The van der Waals surface area contributed by atoms with Crippen LogP contribution in [0.4, 0.5) is 5.95 Å². The van der Waals surface area contributed by atoms with Gasteiger partial charge in [0.2, 0.25) is 5.95 Å². The minimum absolute atomic E-state index is 0.0576. The molecule has 3 rings (SSSR count). The van der Waals surface area contributed by atoms with Crippen LogP contribution in [0.5, 0.6) is 0 Å². The maximum absolute atomic E-state index is 12.9. The van der Waals surface area contributed by atoms with Gasteiger partial charge >= 0.3 is 5.69 Å². The van der Waals surface area contributed by atoms with E-state index in [0.717, 1.165) is 29.5 Å². The first-order valence-corrected chi connectivity index (χ1v) is 9.12. The third kappa shape index (κ3) is 3.43. The molecule has 2 aromatic heterocycles. The molecule has 8 heteroatoms. The van der Waals surface area contributed by atoms with Crippen molar-refractivity contribution in [2.24, 2.45) is 12.8 Å². The number of nitrogens with zero attached hydrogens (tertiary/aromatic N) is 5. The number of rotatable bonds is 4. The van der Waals surface area contributed by atoms with E-state index < -0.39 is 5.69 Å². The van der Waals surface area contributed by atoms with Gasteiger partial charge in [0.1, 0.15) is 0 Å². The Morgan fingerprint density at radius 1 is 1.37 bits per heavy atom. The molecule has 2 aromatic rings. The molecule has 0 saturated carbocycles. The number of hydrogen-bond donors (Lipinski definition) is 1. The van der Waals surface area contributed by atoms with E-state index in [1.54, 1.807) is 0 Å². The summed E-state index contributed by atoms with van der Waals surface area (Å²) in [4.78, 5) is 32.2. The van der Waals surface area contributed by atoms with Crippen LogP contribution in [-0.4, -0.2) is 37.8 Å². The van der Waals surface area contributed by atoms with Gasteiger partial charge in [0.15, 0.2) is 11.2 Å². The molecule has 0 bridgehead atoms. The zero-order chi connectivity index (χ0) is 19.7. The Balaban J connectivity index is 2.32. The van der Waals surface area contributed by atoms with Gasteiger partial charge in [-0.25, -0.2) is 4.79 Å². The van der Waals surface area contributed by atoms with E-state index in [2.05, 4.69) is 15.8 Å². The summed E-state index contributed by atoms with van der Waals surface area (Å²) in [6, 6.07) is 0.0613. The Bertz CT molecular complexity index is 1050. The number of terminal acetylenes is 1. The largest absolute Gasteiger partial charge is 0.341 e. The maximum atomic E-state index is 12.9. The molecule has 0 spiro atoms. The summed E-state index contributed by atoms with van der Waals surface area (Å²) >= 11 is 0. The van der Waals surface area contributed by atoms with Crippen molar-refractivity contribution in [1.29, 1.82) is 0 Å². The molecule has 144 valence electrons. The van der Waals surface area contributed by atoms with Crippen molar-refractivity contribution in [3.05, 3.63) is 32.5 Å². The lowest BCUT2D eigenvalue weighted by Gasteiger charge is -2.31. The van der Waals surface area contributed by atoms with Crippen molar-refractivity contribution in [3.63, 3.8) is 0 Å². The third-order valence-electron chi connectivity index (χ3n) is 4.88. The van der Waals surface area contributed by atoms with Gasteiger partial charge in [-0.05, 0) is 26.7 Å². The lowest BCUT2D eigenvalue weighted by Crippen LogP contribution is -2.44. The smallest absolute Gasteiger partial charge is 0.333 e.